The van der Waals surface area contributed by atoms with Crippen molar-refractivity contribution in [3.05, 3.63) is 66.2 Å². The largest absolute Gasteiger partial charge is 0.508 e. The molecular weight excluding hydrogens is 340 g/mol. The van der Waals surface area contributed by atoms with Crippen molar-refractivity contribution in [1.82, 2.24) is 0 Å². The molecule has 0 amide bonds. The highest BCUT2D eigenvalue weighted by atomic mass is 32.3. The van der Waals surface area contributed by atoms with Gasteiger partial charge in [0.1, 0.15) is 5.75 Å². The molecule has 0 fully saturated rings. The van der Waals surface area contributed by atoms with E-state index in [1.54, 1.807) is 54.6 Å². The number of phenols is 1. The van der Waals surface area contributed by atoms with Gasteiger partial charge in [-0.2, -0.15) is 8.42 Å². The molecule has 0 aromatic heterocycles. The average Bonchev–Trinajstić information content (AvgIpc) is 2.48. The number of rotatable bonds is 2. The van der Waals surface area contributed by atoms with E-state index in [0.29, 0.717) is 11.3 Å². The van der Waals surface area contributed by atoms with Crippen LogP contribution in [-0.4, -0.2) is 38.8 Å². The van der Waals surface area contributed by atoms with Crippen LogP contribution in [0.3, 0.4) is 0 Å². The van der Waals surface area contributed by atoms with Crippen LogP contribution in [0.25, 0.3) is 0 Å². The molecule has 0 heterocycles. The lowest BCUT2D eigenvalue weighted by Crippen LogP contribution is -2.31. The minimum atomic E-state index is -4.67. The van der Waals surface area contributed by atoms with Crippen LogP contribution < -0.4 is 0 Å². The second-order valence-corrected chi connectivity index (χ2v) is 5.42. The van der Waals surface area contributed by atoms with Crippen LogP contribution in [0.5, 0.6) is 5.75 Å². The first-order chi connectivity index (χ1) is 10.9. The summed E-state index contributed by atoms with van der Waals surface area (Å²) in [6.45, 7) is 1.25. The van der Waals surface area contributed by atoms with E-state index in [9.17, 15) is 9.90 Å². The number of hydrogen-bond donors (Lipinski definition) is 5. The zero-order valence-electron chi connectivity index (χ0n) is 12.6. The summed E-state index contributed by atoms with van der Waals surface area (Å²) in [6, 6.07) is 17.0. The van der Waals surface area contributed by atoms with Gasteiger partial charge in [0.05, 0.1) is 0 Å². The molecule has 2 aromatic rings. The van der Waals surface area contributed by atoms with Crippen molar-refractivity contribution < 1.29 is 37.6 Å². The first-order valence-electron chi connectivity index (χ1n) is 6.39. The molecule has 1 atom stereocenters. The number of carbonyl (C=O) groups is 1. The van der Waals surface area contributed by atoms with Crippen molar-refractivity contribution in [1.29, 1.82) is 0 Å². The highest BCUT2D eigenvalue weighted by Crippen LogP contribution is 2.19. The lowest BCUT2D eigenvalue weighted by atomic mass is 9.97. The summed E-state index contributed by atoms with van der Waals surface area (Å²) >= 11 is 0. The van der Waals surface area contributed by atoms with Gasteiger partial charge in [-0.15, -0.1) is 0 Å². The summed E-state index contributed by atoms with van der Waals surface area (Å²) in [5.41, 5.74) is -1.40. The molecule has 2 rings (SSSR count). The maximum absolute atomic E-state index is 10.6. The summed E-state index contributed by atoms with van der Waals surface area (Å²) in [4.78, 5) is 10.6. The molecule has 0 saturated carbocycles. The van der Waals surface area contributed by atoms with Crippen LogP contribution in [0.15, 0.2) is 60.7 Å². The van der Waals surface area contributed by atoms with Crippen LogP contribution in [0.1, 0.15) is 12.5 Å². The third-order valence-corrected chi connectivity index (χ3v) is 2.51. The zero-order chi connectivity index (χ0) is 18.8. The first kappa shape index (κ1) is 21.5. The Balaban J connectivity index is 0.000000373. The Morgan fingerprint density at radius 2 is 1.25 bits per heavy atom. The number of aliphatic hydroxyl groups is 1. The fraction of sp³-hybridized carbons (Fsp3) is 0.133. The van der Waals surface area contributed by atoms with Gasteiger partial charge in [-0.05, 0) is 24.6 Å². The number of phenolic OH excluding ortho intramolecular Hbond substituents is 1. The minimum absolute atomic E-state index is 0.322. The maximum Gasteiger partial charge on any atom is 0.394 e. The second-order valence-electron chi connectivity index (χ2n) is 4.53. The summed E-state index contributed by atoms with van der Waals surface area (Å²) < 4.78 is 31.6. The van der Waals surface area contributed by atoms with Gasteiger partial charge in [-0.3, -0.25) is 9.11 Å². The van der Waals surface area contributed by atoms with Crippen LogP contribution in [0, 0.1) is 0 Å². The van der Waals surface area contributed by atoms with Crippen molar-refractivity contribution >= 4 is 16.4 Å². The molecule has 0 aliphatic rings. The Morgan fingerprint density at radius 3 is 1.50 bits per heavy atom. The van der Waals surface area contributed by atoms with Crippen molar-refractivity contribution in [3.8, 4) is 5.75 Å². The predicted octanol–water partition coefficient (Wildman–Crippen LogP) is 1.72. The number of carboxylic acids is 1. The molecule has 0 aliphatic heterocycles. The van der Waals surface area contributed by atoms with Crippen molar-refractivity contribution in [3.63, 3.8) is 0 Å². The molecule has 132 valence electrons. The normalized spacial score (nSPS) is 12.5. The highest BCUT2D eigenvalue weighted by molar-refractivity contribution is 7.79. The predicted molar refractivity (Wildman–Crippen MR) is 85.9 cm³/mol. The molecule has 2 aromatic carbocycles. The van der Waals surface area contributed by atoms with Crippen LogP contribution >= 0.6 is 0 Å². The Kier molecular flexibility index (Phi) is 8.64. The van der Waals surface area contributed by atoms with E-state index in [2.05, 4.69) is 0 Å². The molecule has 8 nitrogen and oxygen atoms in total. The standard InChI is InChI=1S/C9H10O3.C6H6O.H2O4S/c1-9(12,8(10)11)7-5-3-2-4-6-7;7-6-4-2-1-3-5-6;1-5(2,3)4/h2-6,12H,1H3,(H,10,11);1-5,7H;(H2,1,2,3,4). The SMILES string of the molecule is CC(O)(C(=O)O)c1ccccc1.O=S(=O)(O)O.Oc1ccccc1. The Morgan fingerprint density at radius 1 is 0.917 bits per heavy atom. The Labute approximate surface area is 139 Å². The molecule has 0 bridgehead atoms. The molecule has 0 saturated heterocycles. The summed E-state index contributed by atoms with van der Waals surface area (Å²) in [5.74, 6) is -0.920. The molecular formula is C15H18O8S. The summed E-state index contributed by atoms with van der Waals surface area (Å²) in [7, 11) is -4.67. The van der Waals surface area contributed by atoms with Gasteiger partial charge in [-0.25, -0.2) is 4.79 Å². The molecule has 0 aliphatic carbocycles. The van der Waals surface area contributed by atoms with Gasteiger partial charge in [0.15, 0.2) is 5.60 Å². The van der Waals surface area contributed by atoms with E-state index in [1.165, 1.54) is 6.92 Å². The van der Waals surface area contributed by atoms with E-state index < -0.39 is 22.0 Å². The molecule has 9 heteroatoms. The number of hydrogen-bond acceptors (Lipinski definition) is 5. The van der Waals surface area contributed by atoms with Crippen molar-refractivity contribution in [2.45, 2.75) is 12.5 Å². The van der Waals surface area contributed by atoms with E-state index >= 15 is 0 Å². The summed E-state index contributed by atoms with van der Waals surface area (Å²) in [6.07, 6.45) is 0. The Bertz CT molecular complexity index is 704. The van der Waals surface area contributed by atoms with E-state index in [0.717, 1.165) is 0 Å². The van der Waals surface area contributed by atoms with Gasteiger partial charge in [0.2, 0.25) is 0 Å². The number of carboxylic acid groups (broad SMARTS) is 1. The molecule has 1 unspecified atom stereocenters. The minimum Gasteiger partial charge on any atom is -0.508 e. The van der Waals surface area contributed by atoms with Crippen molar-refractivity contribution in [2.75, 3.05) is 0 Å². The van der Waals surface area contributed by atoms with Gasteiger partial charge < -0.3 is 15.3 Å². The number of benzene rings is 2. The van der Waals surface area contributed by atoms with E-state index in [4.69, 9.17) is 27.7 Å². The van der Waals surface area contributed by atoms with Gasteiger partial charge in [-0.1, -0.05) is 48.5 Å². The van der Waals surface area contributed by atoms with Gasteiger partial charge >= 0.3 is 16.4 Å². The second kappa shape index (κ2) is 9.63. The lowest BCUT2D eigenvalue weighted by Gasteiger charge is -2.17. The zero-order valence-corrected chi connectivity index (χ0v) is 13.5. The quantitative estimate of drug-likeness (QED) is 0.509. The van der Waals surface area contributed by atoms with Crippen molar-refractivity contribution in [2.24, 2.45) is 0 Å². The molecule has 0 radical (unpaired) electrons. The maximum atomic E-state index is 10.6. The highest BCUT2D eigenvalue weighted by Gasteiger charge is 2.31. The monoisotopic (exact) mass is 358 g/mol. The lowest BCUT2D eigenvalue weighted by molar-refractivity contribution is -0.157. The first-order valence-corrected chi connectivity index (χ1v) is 7.79. The Hall–Kier alpha value is -2.46. The van der Waals surface area contributed by atoms with Crippen LogP contribution in [0.2, 0.25) is 0 Å². The topological polar surface area (TPSA) is 152 Å². The smallest absolute Gasteiger partial charge is 0.394 e. The van der Waals surface area contributed by atoms with E-state index in [1.807, 2.05) is 6.07 Å². The average molecular weight is 358 g/mol. The fourth-order valence-corrected chi connectivity index (χ4v) is 1.31. The number of aliphatic carboxylic acids is 1. The number of aromatic hydroxyl groups is 1. The third-order valence-electron chi connectivity index (χ3n) is 2.51. The third kappa shape index (κ3) is 10.3. The summed E-state index contributed by atoms with van der Waals surface area (Å²) in [5, 5.41) is 26.7. The molecule has 0 spiro atoms. The molecule has 24 heavy (non-hydrogen) atoms. The van der Waals surface area contributed by atoms with Gasteiger partial charge in [0.25, 0.3) is 0 Å². The van der Waals surface area contributed by atoms with Gasteiger partial charge in [0, 0.05) is 0 Å². The number of para-hydroxylation sites is 1. The van der Waals surface area contributed by atoms with Crippen LogP contribution in [-0.2, 0) is 20.8 Å². The fourth-order valence-electron chi connectivity index (χ4n) is 1.31. The van der Waals surface area contributed by atoms with Crippen LogP contribution in [0.4, 0.5) is 0 Å². The molecule has 5 N–H and O–H groups in total. The van der Waals surface area contributed by atoms with E-state index in [-0.39, 0.29) is 0 Å².